The van der Waals surface area contributed by atoms with E-state index in [1.54, 1.807) is 24.8 Å². The van der Waals surface area contributed by atoms with E-state index in [0.717, 1.165) is 10.8 Å². The molecule has 1 aromatic heterocycles. The molecule has 27 heavy (non-hydrogen) atoms. The van der Waals surface area contributed by atoms with Gasteiger partial charge in [-0.3, -0.25) is 5.32 Å². The zero-order valence-electron chi connectivity index (χ0n) is 15.0. The van der Waals surface area contributed by atoms with Gasteiger partial charge in [0.15, 0.2) is 0 Å². The average Bonchev–Trinajstić information content (AvgIpc) is 2.69. The summed E-state index contributed by atoms with van der Waals surface area (Å²) in [6, 6.07) is 22.3. The van der Waals surface area contributed by atoms with Crippen molar-refractivity contribution >= 4 is 29.4 Å². The summed E-state index contributed by atoms with van der Waals surface area (Å²) in [6.07, 6.45) is -0.537. The molecule has 0 bridgehead atoms. The van der Waals surface area contributed by atoms with E-state index in [1.807, 2.05) is 24.3 Å². The Morgan fingerprint density at radius 3 is 2.41 bits per heavy atom. The van der Waals surface area contributed by atoms with Crippen LogP contribution in [0.2, 0.25) is 0 Å². The van der Waals surface area contributed by atoms with Crippen LogP contribution in [-0.2, 0) is 10.5 Å². The van der Waals surface area contributed by atoms with Gasteiger partial charge in [0.05, 0.1) is 17.3 Å². The van der Waals surface area contributed by atoms with E-state index in [1.165, 1.54) is 16.7 Å². The number of nitrogen functional groups attached to an aromatic ring is 1. The van der Waals surface area contributed by atoms with Gasteiger partial charge in [-0.25, -0.2) is 9.78 Å². The van der Waals surface area contributed by atoms with E-state index in [0.29, 0.717) is 12.3 Å². The molecule has 0 fully saturated rings. The van der Waals surface area contributed by atoms with Gasteiger partial charge in [-0.2, -0.15) is 0 Å². The van der Waals surface area contributed by atoms with Gasteiger partial charge in [0.25, 0.3) is 0 Å². The molecule has 1 amide bonds. The molecule has 0 unspecified atom stereocenters. The molecule has 0 spiro atoms. The second-order valence-electron chi connectivity index (χ2n) is 5.78. The van der Waals surface area contributed by atoms with Crippen molar-refractivity contribution in [2.45, 2.75) is 17.7 Å². The van der Waals surface area contributed by atoms with Gasteiger partial charge in [-0.05, 0) is 35.7 Å². The Morgan fingerprint density at radius 2 is 1.74 bits per heavy atom. The van der Waals surface area contributed by atoms with Crippen molar-refractivity contribution in [2.24, 2.45) is 0 Å². The van der Waals surface area contributed by atoms with Crippen LogP contribution in [0.5, 0.6) is 0 Å². The standard InChI is InChI=1S/C21H21N3O2S/c1-2-26-21(25)23-18-12-13-19(24-20(18)22)27-14-15-8-10-17(11-9-15)16-6-4-3-5-7-16/h3-13H,2,14H2,1H3,(H2,22,24)(H,23,25). The largest absolute Gasteiger partial charge is 0.450 e. The highest BCUT2D eigenvalue weighted by Gasteiger charge is 2.08. The van der Waals surface area contributed by atoms with Crippen molar-refractivity contribution in [3.63, 3.8) is 0 Å². The Kier molecular flexibility index (Phi) is 6.33. The number of nitrogens with one attached hydrogen (secondary N) is 1. The topological polar surface area (TPSA) is 77.2 Å². The van der Waals surface area contributed by atoms with Crippen molar-refractivity contribution in [3.05, 3.63) is 72.3 Å². The molecule has 1 heterocycles. The molecule has 6 heteroatoms. The third-order valence-electron chi connectivity index (χ3n) is 3.86. The predicted molar refractivity (Wildman–Crippen MR) is 111 cm³/mol. The Balaban J connectivity index is 1.60. The number of carbonyl (C=O) groups is 1. The first-order valence-electron chi connectivity index (χ1n) is 8.63. The highest BCUT2D eigenvalue weighted by molar-refractivity contribution is 7.98. The molecule has 0 atom stereocenters. The van der Waals surface area contributed by atoms with Gasteiger partial charge in [-0.1, -0.05) is 54.6 Å². The number of aromatic nitrogens is 1. The van der Waals surface area contributed by atoms with Crippen molar-refractivity contribution < 1.29 is 9.53 Å². The summed E-state index contributed by atoms with van der Waals surface area (Å²) in [6.45, 7) is 2.05. The maximum Gasteiger partial charge on any atom is 0.411 e. The SMILES string of the molecule is CCOC(=O)Nc1ccc(SCc2ccc(-c3ccccc3)cc2)nc1N. The van der Waals surface area contributed by atoms with E-state index in [9.17, 15) is 4.79 Å². The summed E-state index contributed by atoms with van der Waals surface area (Å²) in [5.74, 6) is 1.05. The van der Waals surface area contributed by atoms with Crippen LogP contribution >= 0.6 is 11.8 Å². The van der Waals surface area contributed by atoms with Gasteiger partial charge < -0.3 is 10.5 Å². The highest BCUT2D eigenvalue weighted by Crippen LogP contribution is 2.27. The molecule has 0 aliphatic carbocycles. The van der Waals surface area contributed by atoms with Crippen molar-refractivity contribution in [2.75, 3.05) is 17.7 Å². The minimum atomic E-state index is -0.537. The molecule has 5 nitrogen and oxygen atoms in total. The molecule has 0 aliphatic heterocycles. The molecule has 2 aromatic carbocycles. The molecule has 0 saturated carbocycles. The van der Waals surface area contributed by atoms with Crippen LogP contribution in [0, 0.1) is 0 Å². The summed E-state index contributed by atoms with van der Waals surface area (Å²) in [4.78, 5) is 15.8. The fourth-order valence-electron chi connectivity index (χ4n) is 2.50. The minimum absolute atomic E-state index is 0.271. The molecule has 3 N–H and O–H groups in total. The zero-order chi connectivity index (χ0) is 19.1. The minimum Gasteiger partial charge on any atom is -0.450 e. The number of hydrogen-bond donors (Lipinski definition) is 2. The number of rotatable bonds is 6. The van der Waals surface area contributed by atoms with E-state index in [4.69, 9.17) is 10.5 Å². The number of carbonyl (C=O) groups excluding carboxylic acids is 1. The summed E-state index contributed by atoms with van der Waals surface area (Å²) in [7, 11) is 0. The predicted octanol–water partition coefficient (Wildman–Crippen LogP) is 5.19. The van der Waals surface area contributed by atoms with Crippen LogP contribution in [0.25, 0.3) is 11.1 Å². The number of nitrogens with two attached hydrogens (primary N) is 1. The number of anilines is 2. The van der Waals surface area contributed by atoms with Crippen molar-refractivity contribution in [1.29, 1.82) is 0 Å². The number of pyridine rings is 1. The van der Waals surface area contributed by atoms with Gasteiger partial charge in [-0.15, -0.1) is 11.8 Å². The Hall–Kier alpha value is -2.99. The lowest BCUT2D eigenvalue weighted by molar-refractivity contribution is 0.168. The van der Waals surface area contributed by atoms with Crippen molar-refractivity contribution in [3.8, 4) is 11.1 Å². The summed E-state index contributed by atoms with van der Waals surface area (Å²) >= 11 is 1.59. The third kappa shape index (κ3) is 5.24. The molecule has 3 rings (SSSR count). The molecule has 138 valence electrons. The zero-order valence-corrected chi connectivity index (χ0v) is 15.8. The maximum absolute atomic E-state index is 11.5. The molecular formula is C21H21N3O2S. The summed E-state index contributed by atoms with van der Waals surface area (Å²) < 4.78 is 4.84. The van der Waals surface area contributed by atoms with Crippen LogP contribution < -0.4 is 11.1 Å². The second-order valence-corrected chi connectivity index (χ2v) is 6.78. The van der Waals surface area contributed by atoms with Crippen LogP contribution in [0.4, 0.5) is 16.3 Å². The van der Waals surface area contributed by atoms with Crippen LogP contribution in [0.3, 0.4) is 0 Å². The summed E-state index contributed by atoms with van der Waals surface area (Å²) in [5.41, 5.74) is 9.98. The first-order chi connectivity index (χ1) is 13.2. The van der Waals surface area contributed by atoms with Crippen molar-refractivity contribution in [1.82, 2.24) is 4.98 Å². The first kappa shape index (κ1) is 18.8. The quantitative estimate of drug-likeness (QED) is 0.576. The lowest BCUT2D eigenvalue weighted by Crippen LogP contribution is -2.15. The first-order valence-corrected chi connectivity index (χ1v) is 9.61. The number of amides is 1. The van der Waals surface area contributed by atoms with Gasteiger partial charge in [0, 0.05) is 5.75 Å². The van der Waals surface area contributed by atoms with Crippen LogP contribution in [-0.4, -0.2) is 17.7 Å². The van der Waals surface area contributed by atoms with E-state index >= 15 is 0 Å². The third-order valence-corrected chi connectivity index (χ3v) is 4.86. The second kappa shape index (κ2) is 9.09. The Morgan fingerprint density at radius 1 is 1.04 bits per heavy atom. The molecule has 0 saturated heterocycles. The van der Waals surface area contributed by atoms with E-state index < -0.39 is 6.09 Å². The van der Waals surface area contributed by atoms with E-state index in [2.05, 4.69) is 46.7 Å². The normalized spacial score (nSPS) is 10.4. The molecule has 0 radical (unpaired) electrons. The maximum atomic E-state index is 11.5. The monoisotopic (exact) mass is 379 g/mol. The molecular weight excluding hydrogens is 358 g/mol. The van der Waals surface area contributed by atoms with Crippen LogP contribution in [0.15, 0.2) is 71.8 Å². The smallest absolute Gasteiger partial charge is 0.411 e. The number of nitrogens with zero attached hydrogens (tertiary/aromatic N) is 1. The fourth-order valence-corrected chi connectivity index (χ4v) is 3.33. The highest BCUT2D eigenvalue weighted by atomic mass is 32.2. The number of benzene rings is 2. The molecule has 3 aromatic rings. The fraction of sp³-hybridized carbons (Fsp3) is 0.143. The average molecular weight is 379 g/mol. The van der Waals surface area contributed by atoms with Gasteiger partial charge in [0.1, 0.15) is 5.82 Å². The van der Waals surface area contributed by atoms with Gasteiger partial charge >= 0.3 is 6.09 Å². The molecule has 0 aliphatic rings. The number of ether oxygens (including phenoxy) is 1. The van der Waals surface area contributed by atoms with Gasteiger partial charge in [0.2, 0.25) is 0 Å². The lowest BCUT2D eigenvalue weighted by Gasteiger charge is -2.09. The Bertz CT molecular complexity index is 899. The number of hydrogen-bond acceptors (Lipinski definition) is 5. The Labute approximate surface area is 163 Å². The number of thioether (sulfide) groups is 1. The summed E-state index contributed by atoms with van der Waals surface area (Å²) in [5, 5.41) is 3.38. The lowest BCUT2D eigenvalue weighted by atomic mass is 10.0. The van der Waals surface area contributed by atoms with Crippen LogP contribution in [0.1, 0.15) is 12.5 Å². The van der Waals surface area contributed by atoms with E-state index in [-0.39, 0.29) is 5.82 Å².